The maximum absolute atomic E-state index is 13.2. The van der Waals surface area contributed by atoms with E-state index in [0.29, 0.717) is 13.0 Å². The predicted molar refractivity (Wildman–Crippen MR) is 89.3 cm³/mol. The Morgan fingerprint density at radius 3 is 2.21 bits per heavy atom. The largest absolute Gasteiger partial charge is 0.417 e. The van der Waals surface area contributed by atoms with E-state index in [1.807, 2.05) is 0 Å². The highest BCUT2D eigenvalue weighted by atomic mass is 19.4. The van der Waals surface area contributed by atoms with Gasteiger partial charge in [-0.2, -0.15) is 13.2 Å². The van der Waals surface area contributed by atoms with Gasteiger partial charge in [-0.1, -0.05) is 27.2 Å². The van der Waals surface area contributed by atoms with Gasteiger partial charge in [-0.3, -0.25) is 4.79 Å². The van der Waals surface area contributed by atoms with Gasteiger partial charge in [0.25, 0.3) is 5.56 Å². The van der Waals surface area contributed by atoms with E-state index in [1.54, 1.807) is 20.8 Å². The van der Waals surface area contributed by atoms with Gasteiger partial charge in [0.1, 0.15) is 0 Å². The third kappa shape index (κ3) is 4.85. The van der Waals surface area contributed by atoms with Crippen molar-refractivity contribution in [2.45, 2.75) is 64.6 Å². The van der Waals surface area contributed by atoms with E-state index in [9.17, 15) is 18.0 Å². The number of aryl methyl sites for hydroxylation is 1. The Hall–Kier alpha value is -1.30. The molecule has 2 heterocycles. The van der Waals surface area contributed by atoms with Crippen LogP contribution in [0.2, 0.25) is 0 Å². The van der Waals surface area contributed by atoms with Gasteiger partial charge in [0, 0.05) is 18.3 Å². The normalized spacial score (nSPS) is 17.2. The van der Waals surface area contributed by atoms with Crippen LogP contribution in [0.25, 0.3) is 0 Å². The molecule has 24 heavy (non-hydrogen) atoms. The standard InChI is InChI=1S/C18H27F3N2O/c1-17(2,3)15-12-14(18(19,20)21)13-23(16(15)24)11-7-10-22-8-5-4-6-9-22/h12-13H,4-11H2,1-3H3. The minimum Gasteiger partial charge on any atom is -0.315 e. The Labute approximate surface area is 141 Å². The first-order valence-corrected chi connectivity index (χ1v) is 8.63. The Kier molecular flexibility index (Phi) is 5.78. The van der Waals surface area contributed by atoms with Gasteiger partial charge < -0.3 is 9.47 Å². The van der Waals surface area contributed by atoms with Gasteiger partial charge in [-0.15, -0.1) is 0 Å². The molecule has 1 fully saturated rings. The molecule has 1 saturated heterocycles. The summed E-state index contributed by atoms with van der Waals surface area (Å²) in [5, 5.41) is 0. The molecule has 1 aromatic heterocycles. The fourth-order valence-electron chi connectivity index (χ4n) is 3.14. The number of hydrogen-bond donors (Lipinski definition) is 0. The fourth-order valence-corrected chi connectivity index (χ4v) is 3.14. The van der Waals surface area contributed by atoms with Crippen molar-refractivity contribution in [2.75, 3.05) is 19.6 Å². The van der Waals surface area contributed by atoms with Crippen molar-refractivity contribution in [3.8, 4) is 0 Å². The Morgan fingerprint density at radius 1 is 1.04 bits per heavy atom. The third-order valence-electron chi connectivity index (χ3n) is 4.54. The van der Waals surface area contributed by atoms with Crippen LogP contribution in [0.3, 0.4) is 0 Å². The molecule has 1 aliphatic rings. The molecule has 0 N–H and O–H groups in total. The zero-order valence-electron chi connectivity index (χ0n) is 14.7. The smallest absolute Gasteiger partial charge is 0.315 e. The SMILES string of the molecule is CC(C)(C)c1cc(C(F)(F)F)cn(CCCN2CCCCC2)c1=O. The van der Waals surface area contributed by atoms with E-state index in [-0.39, 0.29) is 11.1 Å². The second kappa shape index (κ2) is 7.30. The first-order chi connectivity index (χ1) is 11.1. The lowest BCUT2D eigenvalue weighted by Gasteiger charge is -2.26. The van der Waals surface area contributed by atoms with Gasteiger partial charge in [-0.25, -0.2) is 0 Å². The second-order valence-corrected chi connectivity index (χ2v) is 7.64. The molecule has 0 radical (unpaired) electrons. The van der Waals surface area contributed by atoms with E-state index >= 15 is 0 Å². The third-order valence-corrected chi connectivity index (χ3v) is 4.54. The van der Waals surface area contributed by atoms with Crippen LogP contribution >= 0.6 is 0 Å². The van der Waals surface area contributed by atoms with E-state index < -0.39 is 17.2 Å². The highest BCUT2D eigenvalue weighted by Gasteiger charge is 2.33. The minimum atomic E-state index is -4.44. The van der Waals surface area contributed by atoms with Crippen molar-refractivity contribution in [3.63, 3.8) is 0 Å². The number of piperidine rings is 1. The zero-order valence-corrected chi connectivity index (χ0v) is 14.7. The summed E-state index contributed by atoms with van der Waals surface area (Å²) in [5.74, 6) is 0. The summed E-state index contributed by atoms with van der Waals surface area (Å²) in [6.07, 6.45) is 0.814. The maximum Gasteiger partial charge on any atom is 0.417 e. The summed E-state index contributed by atoms with van der Waals surface area (Å²) in [7, 11) is 0. The quantitative estimate of drug-likeness (QED) is 0.824. The minimum absolute atomic E-state index is 0.218. The van der Waals surface area contributed by atoms with E-state index in [1.165, 1.54) is 23.8 Å². The van der Waals surface area contributed by atoms with Crippen molar-refractivity contribution in [2.24, 2.45) is 0 Å². The van der Waals surface area contributed by atoms with Crippen molar-refractivity contribution in [1.82, 2.24) is 9.47 Å². The Morgan fingerprint density at radius 2 is 1.67 bits per heavy atom. The summed E-state index contributed by atoms with van der Waals surface area (Å²) in [5.41, 5.74) is -1.46. The molecule has 1 aromatic rings. The topological polar surface area (TPSA) is 25.2 Å². The van der Waals surface area contributed by atoms with Gasteiger partial charge >= 0.3 is 6.18 Å². The van der Waals surface area contributed by atoms with Crippen LogP contribution in [-0.2, 0) is 18.1 Å². The molecule has 0 aliphatic carbocycles. The lowest BCUT2D eigenvalue weighted by Crippen LogP contribution is -2.34. The number of aromatic nitrogens is 1. The van der Waals surface area contributed by atoms with E-state index in [4.69, 9.17) is 0 Å². The molecule has 136 valence electrons. The highest BCUT2D eigenvalue weighted by Crippen LogP contribution is 2.31. The number of alkyl halides is 3. The molecule has 6 heteroatoms. The van der Waals surface area contributed by atoms with Crippen LogP contribution in [0, 0.1) is 0 Å². The van der Waals surface area contributed by atoms with Crippen molar-refractivity contribution >= 4 is 0 Å². The molecule has 1 aliphatic heterocycles. The van der Waals surface area contributed by atoms with Crippen molar-refractivity contribution in [3.05, 3.63) is 33.7 Å². The number of likely N-dealkylation sites (tertiary alicyclic amines) is 1. The van der Waals surface area contributed by atoms with E-state index in [0.717, 1.165) is 31.9 Å². The van der Waals surface area contributed by atoms with Gasteiger partial charge in [0.15, 0.2) is 0 Å². The molecule has 0 unspecified atom stereocenters. The van der Waals surface area contributed by atoms with Gasteiger partial charge in [0.2, 0.25) is 0 Å². The lowest BCUT2D eigenvalue weighted by atomic mass is 9.87. The van der Waals surface area contributed by atoms with Crippen LogP contribution in [-0.4, -0.2) is 29.1 Å². The molecule has 3 nitrogen and oxygen atoms in total. The Bertz CT molecular complexity index is 608. The van der Waals surface area contributed by atoms with Crippen LogP contribution < -0.4 is 5.56 Å². The first kappa shape index (κ1) is 19.0. The summed E-state index contributed by atoms with van der Waals surface area (Å²) < 4.78 is 40.7. The molecule has 0 bridgehead atoms. The Balaban J connectivity index is 2.19. The zero-order chi connectivity index (χ0) is 18.0. The molecular formula is C18H27F3N2O. The molecule has 0 spiro atoms. The predicted octanol–water partition coefficient (Wildman–Crippen LogP) is 4.04. The lowest BCUT2D eigenvalue weighted by molar-refractivity contribution is -0.138. The molecule has 0 aromatic carbocycles. The van der Waals surface area contributed by atoms with Crippen LogP contribution in [0.5, 0.6) is 0 Å². The van der Waals surface area contributed by atoms with Crippen molar-refractivity contribution in [1.29, 1.82) is 0 Å². The summed E-state index contributed by atoms with van der Waals surface area (Å²) in [6.45, 7) is 8.54. The number of pyridine rings is 1. The fraction of sp³-hybridized carbons (Fsp3) is 0.722. The number of nitrogens with zero attached hydrogens (tertiary/aromatic N) is 2. The molecule has 0 amide bonds. The molecule has 2 rings (SSSR count). The van der Waals surface area contributed by atoms with Crippen LogP contribution in [0.4, 0.5) is 13.2 Å². The van der Waals surface area contributed by atoms with Crippen LogP contribution in [0.1, 0.15) is 57.6 Å². The average molecular weight is 344 g/mol. The maximum atomic E-state index is 13.2. The highest BCUT2D eigenvalue weighted by molar-refractivity contribution is 5.27. The van der Waals surface area contributed by atoms with Gasteiger partial charge in [-0.05, 0) is 50.4 Å². The summed E-state index contributed by atoms with van der Waals surface area (Å²) in [4.78, 5) is 14.9. The van der Waals surface area contributed by atoms with E-state index in [2.05, 4.69) is 4.90 Å². The second-order valence-electron chi connectivity index (χ2n) is 7.64. The monoisotopic (exact) mass is 344 g/mol. The summed E-state index contributed by atoms with van der Waals surface area (Å²) in [6, 6.07) is 1.00. The summed E-state index contributed by atoms with van der Waals surface area (Å²) >= 11 is 0. The number of rotatable bonds is 4. The average Bonchev–Trinajstić information content (AvgIpc) is 2.47. The molecule has 0 atom stereocenters. The molecular weight excluding hydrogens is 317 g/mol. The molecule has 0 saturated carbocycles. The number of hydrogen-bond acceptors (Lipinski definition) is 2. The van der Waals surface area contributed by atoms with Crippen molar-refractivity contribution < 1.29 is 13.2 Å². The van der Waals surface area contributed by atoms with Gasteiger partial charge in [0.05, 0.1) is 5.56 Å². The first-order valence-electron chi connectivity index (χ1n) is 8.63. The number of halogens is 3. The van der Waals surface area contributed by atoms with Crippen LogP contribution in [0.15, 0.2) is 17.1 Å².